The molecule has 0 unspecified atom stereocenters. The van der Waals surface area contributed by atoms with E-state index in [9.17, 15) is 22.4 Å². The maximum atomic E-state index is 13.3. The predicted molar refractivity (Wildman–Crippen MR) is 59.4 cm³/mol. The molecule has 4 nitrogen and oxygen atoms in total. The lowest BCUT2D eigenvalue weighted by Crippen LogP contribution is -2.08. The predicted octanol–water partition coefficient (Wildman–Crippen LogP) is 3.00. The lowest BCUT2D eigenvalue weighted by molar-refractivity contribution is -0.141. The second-order valence-electron chi connectivity index (χ2n) is 3.82. The normalized spacial score (nSPS) is 11.4. The van der Waals surface area contributed by atoms with E-state index in [-0.39, 0.29) is 16.8 Å². The van der Waals surface area contributed by atoms with Gasteiger partial charge < -0.3 is 5.11 Å². The molecule has 1 N–H and O–H groups in total. The molecule has 0 amide bonds. The van der Waals surface area contributed by atoms with E-state index in [1.54, 1.807) is 0 Å². The monoisotopic (exact) mass is 286 g/mol. The van der Waals surface area contributed by atoms with Gasteiger partial charge in [0.1, 0.15) is 5.82 Å². The summed E-state index contributed by atoms with van der Waals surface area (Å²) in [6.45, 7) is 0. The van der Waals surface area contributed by atoms with Gasteiger partial charge in [0.15, 0.2) is 5.69 Å². The average Bonchev–Trinajstić information content (AvgIpc) is 2.37. The highest BCUT2D eigenvalue weighted by atomic mass is 19.4. The smallest absolute Gasteiger partial charge is 0.434 e. The zero-order valence-electron chi connectivity index (χ0n) is 9.65. The summed E-state index contributed by atoms with van der Waals surface area (Å²) in [6.07, 6.45) is -3.32. The van der Waals surface area contributed by atoms with Crippen LogP contribution in [0.1, 0.15) is 16.1 Å². The zero-order valence-corrected chi connectivity index (χ0v) is 9.65. The first kappa shape index (κ1) is 13.9. The van der Waals surface area contributed by atoms with Crippen LogP contribution in [0.3, 0.4) is 0 Å². The van der Waals surface area contributed by atoms with Gasteiger partial charge >= 0.3 is 12.1 Å². The number of nitrogens with zero attached hydrogens (tertiary/aromatic N) is 2. The minimum atomic E-state index is -4.63. The number of benzene rings is 1. The Bertz CT molecular complexity index is 653. The zero-order chi connectivity index (χ0) is 14.9. The van der Waals surface area contributed by atoms with Crippen LogP contribution in [0.25, 0.3) is 11.3 Å². The van der Waals surface area contributed by atoms with E-state index >= 15 is 0 Å². The van der Waals surface area contributed by atoms with Crippen molar-refractivity contribution in [2.24, 2.45) is 0 Å². The summed E-state index contributed by atoms with van der Waals surface area (Å²) in [4.78, 5) is 17.5. The molecule has 0 aliphatic heterocycles. The first-order chi connectivity index (χ1) is 9.27. The molecule has 0 radical (unpaired) electrons. The van der Waals surface area contributed by atoms with Crippen LogP contribution in [-0.4, -0.2) is 21.0 Å². The average molecular weight is 286 g/mol. The van der Waals surface area contributed by atoms with Crippen LogP contribution < -0.4 is 0 Å². The molecule has 0 saturated carbocycles. The molecular weight excluding hydrogens is 280 g/mol. The third-order valence-corrected chi connectivity index (χ3v) is 2.38. The molecule has 0 spiro atoms. The Kier molecular flexibility index (Phi) is 3.39. The van der Waals surface area contributed by atoms with Crippen LogP contribution >= 0.6 is 0 Å². The van der Waals surface area contributed by atoms with E-state index in [1.807, 2.05) is 0 Å². The Morgan fingerprint density at radius 3 is 2.30 bits per heavy atom. The second-order valence-corrected chi connectivity index (χ2v) is 3.82. The number of carboxylic acid groups (broad SMARTS) is 1. The van der Waals surface area contributed by atoms with E-state index in [4.69, 9.17) is 5.11 Å². The standard InChI is InChI=1S/C12H6F4N2O2/c13-8-2-6(1-7(3-8)11(19)20)9-4-18-10(5-17-9)12(14,15)16/h1-5H,(H,19,20). The van der Waals surface area contributed by atoms with Gasteiger partial charge in [0, 0.05) is 5.56 Å². The Morgan fingerprint density at radius 2 is 1.80 bits per heavy atom. The van der Waals surface area contributed by atoms with E-state index in [0.717, 1.165) is 24.4 Å². The minimum Gasteiger partial charge on any atom is -0.478 e. The number of carbonyl (C=O) groups is 1. The molecular formula is C12H6F4N2O2. The SMILES string of the molecule is O=C(O)c1cc(F)cc(-c2cnc(C(F)(F)F)cn2)c1. The molecule has 20 heavy (non-hydrogen) atoms. The van der Waals surface area contributed by atoms with Crippen LogP contribution in [0.2, 0.25) is 0 Å². The summed E-state index contributed by atoms with van der Waals surface area (Å²) >= 11 is 0. The molecule has 0 bridgehead atoms. The fourth-order valence-corrected chi connectivity index (χ4v) is 1.48. The van der Waals surface area contributed by atoms with Gasteiger partial charge in [0.25, 0.3) is 0 Å². The van der Waals surface area contributed by atoms with Crippen molar-refractivity contribution in [1.82, 2.24) is 9.97 Å². The van der Waals surface area contributed by atoms with Gasteiger partial charge in [-0.1, -0.05) is 0 Å². The van der Waals surface area contributed by atoms with Crippen LogP contribution in [0, 0.1) is 5.82 Å². The number of aromatic nitrogens is 2. The Morgan fingerprint density at radius 1 is 1.10 bits per heavy atom. The summed E-state index contributed by atoms with van der Waals surface area (Å²) in [6, 6.07) is 2.86. The highest BCUT2D eigenvalue weighted by Gasteiger charge is 2.32. The van der Waals surface area contributed by atoms with Gasteiger partial charge in [0.2, 0.25) is 0 Å². The first-order valence-corrected chi connectivity index (χ1v) is 5.21. The molecule has 1 aromatic carbocycles. The Balaban J connectivity index is 2.44. The number of alkyl halides is 3. The number of hydrogen-bond acceptors (Lipinski definition) is 3. The lowest BCUT2D eigenvalue weighted by atomic mass is 10.1. The maximum absolute atomic E-state index is 13.3. The van der Waals surface area contributed by atoms with Gasteiger partial charge in [-0.15, -0.1) is 0 Å². The highest BCUT2D eigenvalue weighted by Crippen LogP contribution is 2.28. The van der Waals surface area contributed by atoms with Crippen LogP contribution in [-0.2, 0) is 6.18 Å². The molecule has 0 aliphatic rings. The molecule has 0 fully saturated rings. The molecule has 2 aromatic rings. The molecule has 8 heteroatoms. The molecule has 0 saturated heterocycles. The summed E-state index contributed by atoms with van der Waals surface area (Å²) in [5.41, 5.74) is -1.54. The van der Waals surface area contributed by atoms with Crippen molar-refractivity contribution in [3.8, 4) is 11.3 Å². The molecule has 2 rings (SSSR count). The second kappa shape index (κ2) is 4.87. The van der Waals surface area contributed by atoms with Crippen molar-refractivity contribution in [3.63, 3.8) is 0 Å². The Labute approximate surface area is 109 Å². The van der Waals surface area contributed by atoms with Crippen molar-refractivity contribution < 1.29 is 27.5 Å². The topological polar surface area (TPSA) is 63.1 Å². The molecule has 1 aromatic heterocycles. The number of halogens is 4. The number of carboxylic acids is 1. The van der Waals surface area contributed by atoms with E-state index in [0.29, 0.717) is 6.20 Å². The van der Waals surface area contributed by atoms with Crippen molar-refractivity contribution in [1.29, 1.82) is 0 Å². The first-order valence-electron chi connectivity index (χ1n) is 5.21. The number of rotatable bonds is 2. The van der Waals surface area contributed by atoms with Gasteiger partial charge in [-0.2, -0.15) is 13.2 Å². The van der Waals surface area contributed by atoms with Crippen molar-refractivity contribution in [2.45, 2.75) is 6.18 Å². The van der Waals surface area contributed by atoms with Crippen molar-refractivity contribution in [3.05, 3.63) is 47.7 Å². The fraction of sp³-hybridized carbons (Fsp3) is 0.0833. The largest absolute Gasteiger partial charge is 0.478 e. The van der Waals surface area contributed by atoms with Crippen molar-refractivity contribution >= 4 is 5.97 Å². The van der Waals surface area contributed by atoms with E-state index in [2.05, 4.69) is 9.97 Å². The molecule has 0 aliphatic carbocycles. The van der Waals surface area contributed by atoms with Gasteiger partial charge in [-0.3, -0.25) is 4.98 Å². The fourth-order valence-electron chi connectivity index (χ4n) is 1.48. The van der Waals surface area contributed by atoms with E-state index < -0.39 is 23.7 Å². The van der Waals surface area contributed by atoms with E-state index in [1.165, 1.54) is 0 Å². The summed E-state index contributed by atoms with van der Waals surface area (Å²) in [7, 11) is 0. The summed E-state index contributed by atoms with van der Waals surface area (Å²) in [5, 5.41) is 8.78. The van der Waals surface area contributed by atoms with Gasteiger partial charge in [-0.05, 0) is 18.2 Å². The number of hydrogen-bond donors (Lipinski definition) is 1. The Hall–Kier alpha value is -2.51. The van der Waals surface area contributed by atoms with Crippen LogP contribution in [0.15, 0.2) is 30.6 Å². The van der Waals surface area contributed by atoms with Gasteiger partial charge in [0.05, 0.1) is 23.7 Å². The van der Waals surface area contributed by atoms with Crippen molar-refractivity contribution in [2.75, 3.05) is 0 Å². The molecule has 104 valence electrons. The highest BCUT2D eigenvalue weighted by molar-refractivity contribution is 5.89. The third-order valence-electron chi connectivity index (χ3n) is 2.38. The van der Waals surface area contributed by atoms with Crippen LogP contribution in [0.5, 0.6) is 0 Å². The number of aromatic carboxylic acids is 1. The lowest BCUT2D eigenvalue weighted by Gasteiger charge is -2.06. The summed E-state index contributed by atoms with van der Waals surface area (Å²) < 4.78 is 50.2. The van der Waals surface area contributed by atoms with Gasteiger partial charge in [-0.25, -0.2) is 14.2 Å². The van der Waals surface area contributed by atoms with Crippen LogP contribution in [0.4, 0.5) is 17.6 Å². The third kappa shape index (κ3) is 2.90. The summed E-state index contributed by atoms with van der Waals surface area (Å²) in [5.74, 6) is -2.19. The molecule has 1 heterocycles. The molecule has 0 atom stereocenters. The quantitative estimate of drug-likeness (QED) is 0.862. The minimum absolute atomic E-state index is 0.0311. The maximum Gasteiger partial charge on any atom is 0.434 e.